The molecule has 0 saturated heterocycles. The van der Waals surface area contributed by atoms with Crippen LogP contribution in [0.2, 0.25) is 0 Å². The van der Waals surface area contributed by atoms with E-state index >= 15 is 0 Å². The fourth-order valence-corrected chi connectivity index (χ4v) is 3.32. The fraction of sp³-hybridized carbons (Fsp3) is 0.684. The molecule has 0 radical (unpaired) electrons. The topological polar surface area (TPSA) is 94.0 Å². The van der Waals surface area contributed by atoms with Crippen LogP contribution in [0.25, 0.3) is 11.0 Å². The number of carbonyl (C=O) groups excluding carboxylic acids is 1. The average Bonchev–Trinajstić information content (AvgIpc) is 3.06. The average molecular weight is 409 g/mol. The molecule has 0 aromatic carbocycles. The summed E-state index contributed by atoms with van der Waals surface area (Å²) >= 11 is 1.64. The molecule has 2 rings (SSSR count). The summed E-state index contributed by atoms with van der Waals surface area (Å²) in [7, 11) is 0. The molecule has 2 aromatic rings. The van der Waals surface area contributed by atoms with E-state index in [2.05, 4.69) is 27.6 Å². The number of nitrogens with zero attached hydrogens (tertiary/aromatic N) is 4. The molecule has 0 fully saturated rings. The van der Waals surface area contributed by atoms with Crippen LogP contribution in [0.3, 0.4) is 0 Å². The second kappa shape index (κ2) is 11.9. The Labute approximate surface area is 171 Å². The SMILES string of the molecule is CCCSc1nc(NCCOCC)c2cnn(CCNC(=O)CC(C)C)c2n1. The lowest BCUT2D eigenvalue weighted by Gasteiger charge is -2.10. The molecule has 2 aromatic heterocycles. The molecule has 0 bridgehead atoms. The quantitative estimate of drug-likeness (QED) is 0.299. The molecule has 0 saturated carbocycles. The van der Waals surface area contributed by atoms with E-state index in [1.54, 1.807) is 18.0 Å². The highest BCUT2D eigenvalue weighted by Crippen LogP contribution is 2.24. The van der Waals surface area contributed by atoms with Crippen LogP contribution < -0.4 is 10.6 Å². The van der Waals surface area contributed by atoms with Gasteiger partial charge in [-0.25, -0.2) is 14.6 Å². The van der Waals surface area contributed by atoms with E-state index in [9.17, 15) is 4.79 Å². The maximum atomic E-state index is 11.9. The van der Waals surface area contributed by atoms with Crippen LogP contribution in [0.5, 0.6) is 0 Å². The van der Waals surface area contributed by atoms with Crippen molar-refractivity contribution in [3.8, 4) is 0 Å². The number of amides is 1. The van der Waals surface area contributed by atoms with Gasteiger partial charge < -0.3 is 15.4 Å². The molecule has 28 heavy (non-hydrogen) atoms. The minimum Gasteiger partial charge on any atom is -0.380 e. The fourth-order valence-electron chi connectivity index (χ4n) is 2.62. The van der Waals surface area contributed by atoms with Gasteiger partial charge in [0, 0.05) is 31.9 Å². The van der Waals surface area contributed by atoms with E-state index in [1.165, 1.54) is 0 Å². The van der Waals surface area contributed by atoms with Gasteiger partial charge in [-0.15, -0.1) is 0 Å². The van der Waals surface area contributed by atoms with Gasteiger partial charge in [-0.2, -0.15) is 5.10 Å². The molecule has 0 aliphatic carbocycles. The highest BCUT2D eigenvalue weighted by molar-refractivity contribution is 7.99. The molecule has 156 valence electrons. The summed E-state index contributed by atoms with van der Waals surface area (Å²) in [6, 6.07) is 0. The minimum absolute atomic E-state index is 0.0681. The van der Waals surface area contributed by atoms with Crippen molar-refractivity contribution >= 4 is 34.5 Å². The van der Waals surface area contributed by atoms with Gasteiger partial charge in [0.25, 0.3) is 0 Å². The van der Waals surface area contributed by atoms with E-state index in [4.69, 9.17) is 9.72 Å². The zero-order valence-corrected chi connectivity index (χ0v) is 18.1. The number of thioether (sulfide) groups is 1. The molecule has 0 unspecified atom stereocenters. The van der Waals surface area contributed by atoms with Gasteiger partial charge in [-0.1, -0.05) is 32.5 Å². The number of rotatable bonds is 13. The van der Waals surface area contributed by atoms with E-state index < -0.39 is 0 Å². The van der Waals surface area contributed by atoms with Crippen LogP contribution in [0.1, 0.15) is 40.5 Å². The zero-order valence-electron chi connectivity index (χ0n) is 17.3. The third-order valence-corrected chi connectivity index (χ3v) is 4.95. The third-order valence-electron chi connectivity index (χ3n) is 3.89. The highest BCUT2D eigenvalue weighted by atomic mass is 32.2. The van der Waals surface area contributed by atoms with E-state index in [1.807, 2.05) is 25.5 Å². The number of aromatic nitrogens is 4. The van der Waals surface area contributed by atoms with Crippen molar-refractivity contribution in [3.05, 3.63) is 6.20 Å². The van der Waals surface area contributed by atoms with Crippen LogP contribution in [0.4, 0.5) is 5.82 Å². The van der Waals surface area contributed by atoms with Crippen LogP contribution >= 0.6 is 11.8 Å². The van der Waals surface area contributed by atoms with E-state index in [0.717, 1.165) is 34.2 Å². The Hall–Kier alpha value is -1.87. The second-order valence-corrected chi connectivity index (χ2v) is 7.94. The van der Waals surface area contributed by atoms with E-state index in [0.29, 0.717) is 45.2 Å². The molecular weight excluding hydrogens is 376 g/mol. The van der Waals surface area contributed by atoms with E-state index in [-0.39, 0.29) is 5.91 Å². The number of carbonyl (C=O) groups is 1. The first-order chi connectivity index (χ1) is 13.5. The summed E-state index contributed by atoms with van der Waals surface area (Å²) in [4.78, 5) is 21.2. The molecule has 0 atom stereocenters. The van der Waals surface area contributed by atoms with Crippen molar-refractivity contribution in [3.63, 3.8) is 0 Å². The monoisotopic (exact) mass is 408 g/mol. The van der Waals surface area contributed by atoms with Crippen molar-refractivity contribution < 1.29 is 9.53 Å². The number of hydrogen-bond donors (Lipinski definition) is 2. The predicted octanol–water partition coefficient (Wildman–Crippen LogP) is 2.94. The molecule has 0 aliphatic rings. The summed E-state index contributed by atoms with van der Waals surface area (Å²) in [6.07, 6.45) is 3.37. The van der Waals surface area contributed by atoms with Gasteiger partial charge in [-0.05, 0) is 19.3 Å². The lowest BCUT2D eigenvalue weighted by Crippen LogP contribution is -2.28. The smallest absolute Gasteiger partial charge is 0.220 e. The van der Waals surface area contributed by atoms with Crippen LogP contribution in [0.15, 0.2) is 11.4 Å². The Morgan fingerprint density at radius 1 is 1.29 bits per heavy atom. The Bertz CT molecular complexity index is 749. The summed E-state index contributed by atoms with van der Waals surface area (Å²) < 4.78 is 7.23. The highest BCUT2D eigenvalue weighted by Gasteiger charge is 2.13. The van der Waals surface area contributed by atoms with Crippen molar-refractivity contribution in [2.75, 3.05) is 37.4 Å². The Morgan fingerprint density at radius 3 is 2.82 bits per heavy atom. The maximum Gasteiger partial charge on any atom is 0.220 e. The largest absolute Gasteiger partial charge is 0.380 e. The van der Waals surface area contributed by atoms with Crippen molar-refractivity contribution in [2.45, 2.75) is 52.2 Å². The predicted molar refractivity (Wildman–Crippen MR) is 114 cm³/mol. The molecule has 0 aliphatic heterocycles. The zero-order chi connectivity index (χ0) is 20.4. The third kappa shape index (κ3) is 6.94. The van der Waals surface area contributed by atoms with Gasteiger partial charge >= 0.3 is 0 Å². The van der Waals surface area contributed by atoms with Gasteiger partial charge in [0.2, 0.25) is 5.91 Å². The lowest BCUT2D eigenvalue weighted by atomic mass is 10.1. The van der Waals surface area contributed by atoms with Crippen LogP contribution in [-0.4, -0.2) is 57.7 Å². The number of anilines is 1. The van der Waals surface area contributed by atoms with Crippen LogP contribution in [-0.2, 0) is 16.1 Å². The molecule has 2 heterocycles. The van der Waals surface area contributed by atoms with Gasteiger partial charge in [0.15, 0.2) is 10.8 Å². The Balaban J connectivity index is 2.12. The minimum atomic E-state index is 0.0681. The standard InChI is InChI=1S/C19H32N6O2S/c1-5-11-28-19-23-17(21-8-10-27-6-2)15-13-22-25(18(15)24-19)9-7-20-16(26)12-14(3)4/h13-14H,5-12H2,1-4H3,(H,20,26)(H,21,23,24). The first-order valence-electron chi connectivity index (χ1n) is 9.99. The summed E-state index contributed by atoms with van der Waals surface area (Å²) in [5.74, 6) is 2.15. The number of fused-ring (bicyclic) bond motifs is 1. The van der Waals surface area contributed by atoms with Gasteiger partial charge in [0.1, 0.15) is 5.82 Å². The number of ether oxygens (including phenoxy) is 1. The van der Waals surface area contributed by atoms with Gasteiger partial charge in [-0.3, -0.25) is 4.79 Å². The molecule has 9 heteroatoms. The molecule has 2 N–H and O–H groups in total. The lowest BCUT2D eigenvalue weighted by molar-refractivity contribution is -0.121. The van der Waals surface area contributed by atoms with Crippen molar-refractivity contribution in [2.24, 2.45) is 5.92 Å². The Kier molecular flexibility index (Phi) is 9.49. The number of nitrogens with one attached hydrogen (secondary N) is 2. The van der Waals surface area contributed by atoms with Crippen LogP contribution in [0, 0.1) is 5.92 Å². The van der Waals surface area contributed by atoms with Crippen molar-refractivity contribution in [1.29, 1.82) is 0 Å². The molecule has 1 amide bonds. The summed E-state index contributed by atoms with van der Waals surface area (Å²) in [5, 5.41) is 12.4. The Morgan fingerprint density at radius 2 is 2.11 bits per heavy atom. The summed E-state index contributed by atoms with van der Waals surface area (Å²) in [6.45, 7) is 11.3. The molecule has 8 nitrogen and oxygen atoms in total. The normalized spacial score (nSPS) is 11.3. The number of hydrogen-bond acceptors (Lipinski definition) is 7. The maximum absolute atomic E-state index is 11.9. The second-order valence-electron chi connectivity index (χ2n) is 6.88. The first kappa shape index (κ1) is 22.4. The van der Waals surface area contributed by atoms with Gasteiger partial charge in [0.05, 0.1) is 24.7 Å². The van der Waals surface area contributed by atoms with Crippen molar-refractivity contribution in [1.82, 2.24) is 25.1 Å². The molecule has 0 spiro atoms. The first-order valence-corrected chi connectivity index (χ1v) is 11.0. The molecular formula is C19H32N6O2S. The summed E-state index contributed by atoms with van der Waals surface area (Å²) in [5.41, 5.74) is 0.783.